The van der Waals surface area contributed by atoms with Crippen molar-refractivity contribution in [1.29, 1.82) is 0 Å². The van der Waals surface area contributed by atoms with Crippen LogP contribution in [-0.2, 0) is 21.1 Å². The number of methoxy groups -OCH3 is 1. The molecule has 144 valence electrons. The van der Waals surface area contributed by atoms with E-state index in [1.165, 1.54) is 48.4 Å². The van der Waals surface area contributed by atoms with Gasteiger partial charge in [-0.15, -0.1) is 0 Å². The number of hydrogen-bond acceptors (Lipinski definition) is 5. The molecule has 0 aromatic heterocycles. The molecule has 2 aromatic carbocycles. The molecule has 7 nitrogen and oxygen atoms in total. The predicted molar refractivity (Wildman–Crippen MR) is 99.6 cm³/mol. The second-order valence-electron chi connectivity index (χ2n) is 6.00. The summed E-state index contributed by atoms with van der Waals surface area (Å²) in [5.74, 6) is -1.40. The molecule has 0 aliphatic rings. The third kappa shape index (κ3) is 5.38. The van der Waals surface area contributed by atoms with Crippen LogP contribution in [0.25, 0.3) is 0 Å². The van der Waals surface area contributed by atoms with Crippen LogP contribution in [-0.4, -0.2) is 56.8 Å². The van der Waals surface area contributed by atoms with Gasteiger partial charge in [-0.2, -0.15) is 0 Å². The molecule has 8 heteroatoms. The monoisotopic (exact) mass is 391 g/mol. The Morgan fingerprint density at radius 1 is 1.00 bits per heavy atom. The van der Waals surface area contributed by atoms with Crippen molar-refractivity contribution in [2.24, 2.45) is 0 Å². The highest BCUT2D eigenvalue weighted by atomic mass is 32.2. The number of nitrogens with zero attached hydrogens (tertiary/aromatic N) is 1. The standard InChI is InChI=1S/C19H21NO6S/c1-20(13-14-3-5-16(6-4-14)19(22)23)18(21)15-7-9-17(10-8-15)27(24,25)12-11-26-2/h3-10H,11-13H2,1-2H3,(H,22,23). The number of carboxylic acid groups (broad SMARTS) is 1. The molecular weight excluding hydrogens is 370 g/mol. The van der Waals surface area contributed by atoms with Gasteiger partial charge in [0.25, 0.3) is 5.91 Å². The van der Waals surface area contributed by atoms with Crippen LogP contribution in [0, 0.1) is 0 Å². The lowest BCUT2D eigenvalue weighted by Gasteiger charge is -2.17. The largest absolute Gasteiger partial charge is 0.478 e. The third-order valence-corrected chi connectivity index (χ3v) is 5.68. The summed E-state index contributed by atoms with van der Waals surface area (Å²) >= 11 is 0. The van der Waals surface area contributed by atoms with E-state index in [1.54, 1.807) is 19.2 Å². The minimum atomic E-state index is -3.44. The van der Waals surface area contributed by atoms with Crippen LogP contribution < -0.4 is 0 Å². The quantitative estimate of drug-likeness (QED) is 0.739. The van der Waals surface area contributed by atoms with Gasteiger partial charge in [-0.25, -0.2) is 13.2 Å². The molecule has 0 unspecified atom stereocenters. The first kappa shape index (κ1) is 20.6. The summed E-state index contributed by atoms with van der Waals surface area (Å²) in [6.45, 7) is 0.402. The summed E-state index contributed by atoms with van der Waals surface area (Å²) in [7, 11) is -0.388. The van der Waals surface area contributed by atoms with E-state index in [4.69, 9.17) is 9.84 Å². The van der Waals surface area contributed by atoms with Crippen LogP contribution in [0.5, 0.6) is 0 Å². The summed E-state index contributed by atoms with van der Waals surface area (Å²) in [6.07, 6.45) is 0. The summed E-state index contributed by atoms with van der Waals surface area (Å²) in [5, 5.41) is 8.91. The lowest BCUT2D eigenvalue weighted by Crippen LogP contribution is -2.26. The van der Waals surface area contributed by atoms with E-state index in [9.17, 15) is 18.0 Å². The van der Waals surface area contributed by atoms with Gasteiger partial charge in [0.2, 0.25) is 0 Å². The van der Waals surface area contributed by atoms with Crippen molar-refractivity contribution in [2.75, 3.05) is 26.5 Å². The summed E-state index contributed by atoms with van der Waals surface area (Å²) in [4.78, 5) is 25.0. The fraction of sp³-hybridized carbons (Fsp3) is 0.263. The van der Waals surface area contributed by atoms with Crippen LogP contribution in [0.4, 0.5) is 0 Å². The molecule has 1 N–H and O–H groups in total. The molecule has 1 amide bonds. The molecule has 0 saturated heterocycles. The van der Waals surface area contributed by atoms with Crippen LogP contribution in [0.15, 0.2) is 53.4 Å². The Hall–Kier alpha value is -2.71. The Kier molecular flexibility index (Phi) is 6.70. The summed E-state index contributed by atoms with van der Waals surface area (Å²) in [5.41, 5.74) is 1.33. The van der Waals surface area contributed by atoms with Crippen LogP contribution in [0.3, 0.4) is 0 Å². The Morgan fingerprint density at radius 3 is 2.07 bits per heavy atom. The molecule has 2 aromatic rings. The van der Waals surface area contributed by atoms with E-state index in [2.05, 4.69) is 0 Å². The molecule has 0 saturated carbocycles. The molecule has 0 aliphatic carbocycles. The molecule has 0 radical (unpaired) electrons. The zero-order valence-electron chi connectivity index (χ0n) is 15.1. The van der Waals surface area contributed by atoms with Crippen LogP contribution in [0.1, 0.15) is 26.3 Å². The smallest absolute Gasteiger partial charge is 0.335 e. The minimum Gasteiger partial charge on any atom is -0.478 e. The number of rotatable bonds is 8. The highest BCUT2D eigenvalue weighted by molar-refractivity contribution is 7.91. The number of aromatic carboxylic acids is 1. The van der Waals surface area contributed by atoms with Crippen molar-refractivity contribution in [3.63, 3.8) is 0 Å². The fourth-order valence-corrected chi connectivity index (χ4v) is 3.61. The van der Waals surface area contributed by atoms with E-state index in [-0.39, 0.29) is 28.7 Å². The Labute approximate surface area is 158 Å². The van der Waals surface area contributed by atoms with Gasteiger partial charge in [0.05, 0.1) is 22.8 Å². The maximum atomic E-state index is 12.5. The first-order chi connectivity index (χ1) is 12.7. The van der Waals surface area contributed by atoms with E-state index in [1.807, 2.05) is 0 Å². The van der Waals surface area contributed by atoms with Gasteiger partial charge in [-0.05, 0) is 42.0 Å². The van der Waals surface area contributed by atoms with Crippen molar-refractivity contribution in [1.82, 2.24) is 4.90 Å². The first-order valence-corrected chi connectivity index (χ1v) is 9.79. The van der Waals surface area contributed by atoms with Gasteiger partial charge >= 0.3 is 5.97 Å². The van der Waals surface area contributed by atoms with Gasteiger partial charge in [0.15, 0.2) is 9.84 Å². The zero-order valence-corrected chi connectivity index (χ0v) is 15.9. The third-order valence-electron chi connectivity index (χ3n) is 3.98. The SMILES string of the molecule is COCCS(=O)(=O)c1ccc(C(=O)N(C)Cc2ccc(C(=O)O)cc2)cc1. The number of benzene rings is 2. The number of hydrogen-bond donors (Lipinski definition) is 1. The van der Waals surface area contributed by atoms with E-state index >= 15 is 0 Å². The number of carbonyl (C=O) groups is 2. The van der Waals surface area contributed by atoms with Crippen molar-refractivity contribution >= 4 is 21.7 Å². The lowest BCUT2D eigenvalue weighted by molar-refractivity contribution is 0.0695. The van der Waals surface area contributed by atoms with Gasteiger partial charge < -0.3 is 14.7 Å². The normalized spacial score (nSPS) is 11.2. The summed E-state index contributed by atoms with van der Waals surface area (Å²) in [6, 6.07) is 12.0. The van der Waals surface area contributed by atoms with Crippen molar-refractivity contribution in [3.05, 3.63) is 65.2 Å². The number of ether oxygens (including phenoxy) is 1. The average Bonchev–Trinajstić information content (AvgIpc) is 2.66. The number of sulfone groups is 1. The maximum Gasteiger partial charge on any atom is 0.335 e. The van der Waals surface area contributed by atoms with Gasteiger partial charge in [-0.3, -0.25) is 4.79 Å². The predicted octanol–water partition coefficient (Wildman–Crippen LogP) is 2.08. The molecular formula is C19H21NO6S. The van der Waals surface area contributed by atoms with E-state index in [0.717, 1.165) is 5.56 Å². The average molecular weight is 391 g/mol. The van der Waals surface area contributed by atoms with Gasteiger partial charge in [0.1, 0.15) is 0 Å². The van der Waals surface area contributed by atoms with Gasteiger partial charge in [0, 0.05) is 26.3 Å². The molecule has 0 spiro atoms. The zero-order chi connectivity index (χ0) is 20.0. The van der Waals surface area contributed by atoms with E-state index in [0.29, 0.717) is 12.1 Å². The highest BCUT2D eigenvalue weighted by Crippen LogP contribution is 2.15. The minimum absolute atomic E-state index is 0.104. The molecule has 0 heterocycles. The van der Waals surface area contributed by atoms with Crippen LogP contribution in [0.2, 0.25) is 0 Å². The second kappa shape index (κ2) is 8.79. The Bertz CT molecular complexity index is 904. The molecule has 0 atom stereocenters. The number of carbonyl (C=O) groups excluding carboxylic acids is 1. The Balaban J connectivity index is 2.07. The highest BCUT2D eigenvalue weighted by Gasteiger charge is 2.17. The van der Waals surface area contributed by atoms with Gasteiger partial charge in [-0.1, -0.05) is 12.1 Å². The van der Waals surface area contributed by atoms with E-state index < -0.39 is 15.8 Å². The maximum absolute atomic E-state index is 12.5. The van der Waals surface area contributed by atoms with Crippen molar-refractivity contribution < 1.29 is 27.9 Å². The van der Waals surface area contributed by atoms with Crippen LogP contribution >= 0.6 is 0 Å². The van der Waals surface area contributed by atoms with Crippen molar-refractivity contribution in [2.45, 2.75) is 11.4 Å². The summed E-state index contributed by atoms with van der Waals surface area (Å²) < 4.78 is 29.0. The fourth-order valence-electron chi connectivity index (χ4n) is 2.43. The topological polar surface area (TPSA) is 101 Å². The number of carboxylic acids is 1. The molecule has 2 rings (SSSR count). The molecule has 0 fully saturated rings. The molecule has 0 bridgehead atoms. The first-order valence-electron chi connectivity index (χ1n) is 8.14. The lowest BCUT2D eigenvalue weighted by atomic mass is 10.1. The Morgan fingerprint density at radius 2 is 1.56 bits per heavy atom. The molecule has 0 aliphatic heterocycles. The number of amides is 1. The molecule has 27 heavy (non-hydrogen) atoms. The van der Waals surface area contributed by atoms with Crippen molar-refractivity contribution in [3.8, 4) is 0 Å². The second-order valence-corrected chi connectivity index (χ2v) is 8.11.